The van der Waals surface area contributed by atoms with Crippen molar-refractivity contribution in [3.05, 3.63) is 60.7 Å². The van der Waals surface area contributed by atoms with E-state index in [0.29, 0.717) is 23.2 Å². The molecule has 0 aliphatic carbocycles. The number of furan rings is 2. The molecule has 0 amide bonds. The maximum Gasteiger partial charge on any atom is 0.136 e. The van der Waals surface area contributed by atoms with Gasteiger partial charge in [-0.05, 0) is 38.1 Å². The van der Waals surface area contributed by atoms with Crippen molar-refractivity contribution in [2.24, 2.45) is 0 Å². The van der Waals surface area contributed by atoms with Gasteiger partial charge in [0.15, 0.2) is 0 Å². The van der Waals surface area contributed by atoms with Crippen molar-refractivity contribution in [2.45, 2.75) is 25.0 Å². The third kappa shape index (κ3) is 4.22. The molecule has 8 heteroatoms. The molecule has 0 spiro atoms. The number of rotatable bonds is 8. The lowest BCUT2D eigenvalue weighted by Crippen LogP contribution is -2.31. The van der Waals surface area contributed by atoms with Gasteiger partial charge in [0.25, 0.3) is 0 Å². The molecule has 0 aliphatic heterocycles. The van der Waals surface area contributed by atoms with E-state index in [-0.39, 0.29) is 13.1 Å². The van der Waals surface area contributed by atoms with E-state index in [4.69, 9.17) is 8.83 Å². The van der Waals surface area contributed by atoms with E-state index < -0.39 is 11.2 Å². The molecule has 0 fully saturated rings. The average Bonchev–Trinajstić information content (AvgIpc) is 3.32. The highest BCUT2D eigenvalue weighted by atomic mass is 16.4. The van der Waals surface area contributed by atoms with Gasteiger partial charge in [-0.25, -0.2) is 9.97 Å². The monoisotopic (exact) mass is 358 g/mol. The third-order valence-electron chi connectivity index (χ3n) is 4.00. The van der Waals surface area contributed by atoms with Gasteiger partial charge in [0.2, 0.25) is 0 Å². The van der Waals surface area contributed by atoms with Crippen LogP contribution in [0.4, 0.5) is 11.6 Å². The van der Waals surface area contributed by atoms with E-state index in [1.54, 1.807) is 44.2 Å². The largest absolute Gasteiger partial charge is 0.466 e. The van der Waals surface area contributed by atoms with Crippen molar-refractivity contribution >= 4 is 11.6 Å². The topological polar surface area (TPSA) is 117 Å². The Morgan fingerprint density at radius 3 is 1.73 bits per heavy atom. The van der Waals surface area contributed by atoms with Gasteiger partial charge in [-0.2, -0.15) is 0 Å². The molecule has 26 heavy (non-hydrogen) atoms. The first kappa shape index (κ1) is 18.0. The number of hydrogen-bond acceptors (Lipinski definition) is 8. The smallest absolute Gasteiger partial charge is 0.136 e. The predicted molar refractivity (Wildman–Crippen MR) is 95.6 cm³/mol. The zero-order valence-corrected chi connectivity index (χ0v) is 14.6. The van der Waals surface area contributed by atoms with Crippen LogP contribution < -0.4 is 10.6 Å². The predicted octanol–water partition coefficient (Wildman–Crippen LogP) is 2.30. The van der Waals surface area contributed by atoms with Gasteiger partial charge >= 0.3 is 0 Å². The minimum atomic E-state index is -1.18. The minimum absolute atomic E-state index is 0.209. The fourth-order valence-electron chi connectivity index (χ4n) is 2.42. The summed E-state index contributed by atoms with van der Waals surface area (Å²) in [6.07, 6.45) is 4.43. The third-order valence-corrected chi connectivity index (χ3v) is 4.00. The molecule has 0 radical (unpaired) electrons. The van der Waals surface area contributed by atoms with Gasteiger partial charge in [-0.3, -0.25) is 0 Å². The Morgan fingerprint density at radius 1 is 0.885 bits per heavy atom. The highest BCUT2D eigenvalue weighted by Crippen LogP contribution is 2.23. The Bertz CT molecular complexity index is 748. The summed E-state index contributed by atoms with van der Waals surface area (Å²) in [5, 5.41) is 27.0. The standard InChI is InChI=1S/C18H22N4O4/c1-17(23,13-5-3-7-25-13)10-19-15-9-16(22-12-21-15)20-11-18(2,24)14-6-4-8-26-14/h3-9,12,23-24H,10-11H2,1-2H3,(H2,19,20,21,22). The summed E-state index contributed by atoms with van der Waals surface area (Å²) in [5.41, 5.74) is -2.35. The maximum atomic E-state index is 10.5. The van der Waals surface area contributed by atoms with Crippen LogP contribution in [0.3, 0.4) is 0 Å². The van der Waals surface area contributed by atoms with Crippen LogP contribution in [-0.4, -0.2) is 33.3 Å². The Balaban J connectivity index is 1.60. The highest BCUT2D eigenvalue weighted by Gasteiger charge is 2.27. The summed E-state index contributed by atoms with van der Waals surface area (Å²) in [4.78, 5) is 8.27. The van der Waals surface area contributed by atoms with Crippen LogP contribution in [0.15, 0.2) is 58.0 Å². The lowest BCUT2D eigenvalue weighted by molar-refractivity contribution is 0.0474. The van der Waals surface area contributed by atoms with Crippen LogP contribution in [0.25, 0.3) is 0 Å². The molecule has 138 valence electrons. The summed E-state index contributed by atoms with van der Waals surface area (Å²) in [5.74, 6) is 2.00. The van der Waals surface area contributed by atoms with Gasteiger partial charge in [-0.15, -0.1) is 0 Å². The first-order chi connectivity index (χ1) is 12.4. The molecule has 2 unspecified atom stereocenters. The lowest BCUT2D eigenvalue weighted by atomic mass is 10.0. The van der Waals surface area contributed by atoms with Crippen molar-refractivity contribution in [1.29, 1.82) is 0 Å². The summed E-state index contributed by atoms with van der Waals surface area (Å²) in [6, 6.07) is 8.57. The molecular formula is C18H22N4O4. The molecule has 0 aliphatic rings. The zero-order chi connectivity index (χ0) is 18.6. The van der Waals surface area contributed by atoms with Crippen molar-refractivity contribution in [1.82, 2.24) is 9.97 Å². The molecule has 0 saturated heterocycles. The molecule has 3 aromatic rings. The Labute approximate surface area is 150 Å². The quantitative estimate of drug-likeness (QED) is 0.485. The second kappa shape index (κ2) is 7.19. The fourth-order valence-corrected chi connectivity index (χ4v) is 2.42. The number of aromatic nitrogens is 2. The van der Waals surface area contributed by atoms with Crippen LogP contribution in [0.2, 0.25) is 0 Å². The second-order valence-corrected chi connectivity index (χ2v) is 6.50. The van der Waals surface area contributed by atoms with Crippen molar-refractivity contribution in [3.8, 4) is 0 Å². The fraction of sp³-hybridized carbons (Fsp3) is 0.333. The molecule has 8 nitrogen and oxygen atoms in total. The zero-order valence-electron chi connectivity index (χ0n) is 14.6. The molecule has 0 bridgehead atoms. The number of hydrogen-bond donors (Lipinski definition) is 4. The van der Waals surface area contributed by atoms with E-state index in [1.807, 2.05) is 0 Å². The summed E-state index contributed by atoms with van der Waals surface area (Å²) >= 11 is 0. The van der Waals surface area contributed by atoms with Crippen molar-refractivity contribution < 1.29 is 19.0 Å². The molecule has 0 saturated carbocycles. The van der Waals surface area contributed by atoms with Crippen LogP contribution in [0.5, 0.6) is 0 Å². The van der Waals surface area contributed by atoms with Crippen molar-refractivity contribution in [3.63, 3.8) is 0 Å². The van der Waals surface area contributed by atoms with Gasteiger partial charge in [-0.1, -0.05) is 0 Å². The Kier molecular flexibility index (Phi) is 4.97. The molecule has 2 atom stereocenters. The Morgan fingerprint density at radius 2 is 1.35 bits per heavy atom. The number of nitrogens with zero attached hydrogens (tertiary/aromatic N) is 2. The molecule has 3 aromatic heterocycles. The van der Waals surface area contributed by atoms with E-state index in [2.05, 4.69) is 20.6 Å². The normalized spacial score (nSPS) is 15.8. The van der Waals surface area contributed by atoms with Crippen LogP contribution in [0, 0.1) is 0 Å². The second-order valence-electron chi connectivity index (χ2n) is 6.50. The summed E-state index contributed by atoms with van der Waals surface area (Å²) in [6.45, 7) is 3.72. The first-order valence-corrected chi connectivity index (χ1v) is 8.19. The molecule has 4 N–H and O–H groups in total. The van der Waals surface area contributed by atoms with E-state index in [1.165, 1.54) is 18.9 Å². The van der Waals surface area contributed by atoms with E-state index in [0.717, 1.165) is 0 Å². The molecule has 3 heterocycles. The summed E-state index contributed by atoms with van der Waals surface area (Å²) < 4.78 is 10.5. The van der Waals surface area contributed by atoms with E-state index >= 15 is 0 Å². The average molecular weight is 358 g/mol. The van der Waals surface area contributed by atoms with Gasteiger partial charge in [0.05, 0.1) is 25.6 Å². The maximum absolute atomic E-state index is 10.5. The van der Waals surface area contributed by atoms with Gasteiger partial charge in [0, 0.05) is 6.07 Å². The van der Waals surface area contributed by atoms with Gasteiger partial charge < -0.3 is 29.7 Å². The summed E-state index contributed by atoms with van der Waals surface area (Å²) in [7, 11) is 0. The SMILES string of the molecule is CC(O)(CNc1cc(NCC(C)(O)c2ccco2)ncn1)c1ccco1. The number of aliphatic hydroxyl groups is 2. The van der Waals surface area contributed by atoms with E-state index in [9.17, 15) is 10.2 Å². The number of nitrogens with one attached hydrogen (secondary N) is 2. The van der Waals surface area contributed by atoms with Crippen LogP contribution >= 0.6 is 0 Å². The molecule has 0 aromatic carbocycles. The Hall–Kier alpha value is -2.84. The molecular weight excluding hydrogens is 336 g/mol. The lowest BCUT2D eigenvalue weighted by Gasteiger charge is -2.22. The van der Waals surface area contributed by atoms with Crippen LogP contribution in [0.1, 0.15) is 25.4 Å². The highest BCUT2D eigenvalue weighted by molar-refractivity contribution is 5.47. The van der Waals surface area contributed by atoms with Gasteiger partial charge in [0.1, 0.15) is 40.7 Å². The van der Waals surface area contributed by atoms with Crippen LogP contribution in [-0.2, 0) is 11.2 Å². The van der Waals surface area contributed by atoms with Crippen molar-refractivity contribution in [2.75, 3.05) is 23.7 Å². The minimum Gasteiger partial charge on any atom is -0.466 e. The first-order valence-electron chi connectivity index (χ1n) is 8.19. The number of anilines is 2. The molecule has 3 rings (SSSR count).